The molecule has 2 aromatic heterocycles. The number of benzene rings is 1. The summed E-state index contributed by atoms with van der Waals surface area (Å²) in [5.74, 6) is 0.0599. The van der Waals surface area contributed by atoms with E-state index in [1.165, 1.54) is 11.3 Å². The van der Waals surface area contributed by atoms with Gasteiger partial charge in [-0.15, -0.1) is 11.3 Å². The standard InChI is InChI=1S/C20H22N4OS/c1-23(2)18-8-6-15(7-9-18)13-24(3)19(25)11-17-14-26-20(22-17)16-5-4-10-21-12-16/h4-10,12,14H,11,13H2,1-3H3. The molecular formula is C20H22N4OS. The van der Waals surface area contributed by atoms with Crippen molar-refractivity contribution in [3.8, 4) is 10.6 Å². The molecule has 0 aliphatic carbocycles. The lowest BCUT2D eigenvalue weighted by Gasteiger charge is -2.18. The molecule has 0 aliphatic heterocycles. The molecule has 26 heavy (non-hydrogen) atoms. The summed E-state index contributed by atoms with van der Waals surface area (Å²) < 4.78 is 0. The van der Waals surface area contributed by atoms with Crippen molar-refractivity contribution in [2.75, 3.05) is 26.0 Å². The third-order valence-electron chi connectivity index (χ3n) is 4.09. The molecule has 0 spiro atoms. The fourth-order valence-corrected chi connectivity index (χ4v) is 3.37. The van der Waals surface area contributed by atoms with Crippen LogP contribution in [-0.2, 0) is 17.8 Å². The first-order chi connectivity index (χ1) is 12.5. The fourth-order valence-electron chi connectivity index (χ4n) is 2.56. The Morgan fingerprint density at radius 3 is 2.54 bits per heavy atom. The summed E-state index contributed by atoms with van der Waals surface area (Å²) in [6.07, 6.45) is 3.83. The van der Waals surface area contributed by atoms with E-state index in [1.807, 2.05) is 38.7 Å². The quantitative estimate of drug-likeness (QED) is 0.670. The van der Waals surface area contributed by atoms with Crippen LogP contribution in [-0.4, -0.2) is 41.9 Å². The maximum atomic E-state index is 12.5. The molecule has 0 fully saturated rings. The number of thiazole rings is 1. The Kier molecular flexibility index (Phi) is 5.63. The van der Waals surface area contributed by atoms with Crippen molar-refractivity contribution in [1.82, 2.24) is 14.9 Å². The van der Waals surface area contributed by atoms with Crippen molar-refractivity contribution in [1.29, 1.82) is 0 Å². The van der Waals surface area contributed by atoms with Crippen LogP contribution in [0, 0.1) is 0 Å². The second kappa shape index (κ2) is 8.10. The van der Waals surface area contributed by atoms with Gasteiger partial charge in [-0.05, 0) is 29.8 Å². The zero-order valence-corrected chi connectivity index (χ0v) is 16.0. The van der Waals surface area contributed by atoms with E-state index in [2.05, 4.69) is 39.1 Å². The molecule has 3 rings (SSSR count). The average Bonchev–Trinajstić information content (AvgIpc) is 3.11. The van der Waals surface area contributed by atoms with Gasteiger partial charge in [0.15, 0.2) is 0 Å². The fraction of sp³-hybridized carbons (Fsp3) is 0.250. The van der Waals surface area contributed by atoms with Crippen molar-refractivity contribution in [2.24, 2.45) is 0 Å². The third kappa shape index (κ3) is 4.46. The van der Waals surface area contributed by atoms with Crippen molar-refractivity contribution in [3.63, 3.8) is 0 Å². The highest BCUT2D eigenvalue weighted by atomic mass is 32.1. The van der Waals surface area contributed by atoms with Crippen molar-refractivity contribution in [2.45, 2.75) is 13.0 Å². The van der Waals surface area contributed by atoms with Crippen molar-refractivity contribution >= 4 is 22.9 Å². The second-order valence-electron chi connectivity index (χ2n) is 6.37. The number of aromatic nitrogens is 2. The largest absolute Gasteiger partial charge is 0.378 e. The SMILES string of the molecule is CN(Cc1ccc(N(C)C)cc1)C(=O)Cc1csc(-c2cccnc2)n1. The summed E-state index contributed by atoms with van der Waals surface area (Å²) >= 11 is 1.54. The Morgan fingerprint density at radius 2 is 1.88 bits per heavy atom. The van der Waals surface area contributed by atoms with Gasteiger partial charge in [-0.3, -0.25) is 9.78 Å². The van der Waals surface area contributed by atoms with Gasteiger partial charge in [0.25, 0.3) is 0 Å². The summed E-state index contributed by atoms with van der Waals surface area (Å²) in [5, 5.41) is 2.84. The van der Waals surface area contributed by atoms with Crippen LogP contribution in [0.1, 0.15) is 11.3 Å². The zero-order valence-electron chi connectivity index (χ0n) is 15.2. The van der Waals surface area contributed by atoms with Crippen LogP contribution in [0.5, 0.6) is 0 Å². The minimum absolute atomic E-state index is 0.0599. The molecule has 0 aliphatic rings. The minimum atomic E-state index is 0.0599. The van der Waals surface area contributed by atoms with Crippen LogP contribution in [0.4, 0.5) is 5.69 Å². The Balaban J connectivity index is 1.60. The monoisotopic (exact) mass is 366 g/mol. The van der Waals surface area contributed by atoms with E-state index in [0.29, 0.717) is 13.0 Å². The number of likely N-dealkylation sites (N-methyl/N-ethyl adjacent to an activating group) is 1. The van der Waals surface area contributed by atoms with Crippen LogP contribution >= 0.6 is 11.3 Å². The molecule has 5 nitrogen and oxygen atoms in total. The lowest BCUT2D eigenvalue weighted by Crippen LogP contribution is -2.27. The van der Waals surface area contributed by atoms with Gasteiger partial charge in [0, 0.05) is 56.7 Å². The number of anilines is 1. The first-order valence-corrected chi connectivity index (χ1v) is 9.26. The predicted molar refractivity (Wildman–Crippen MR) is 106 cm³/mol. The Morgan fingerprint density at radius 1 is 1.12 bits per heavy atom. The molecule has 0 saturated carbocycles. The van der Waals surface area contributed by atoms with E-state index < -0.39 is 0 Å². The smallest absolute Gasteiger partial charge is 0.228 e. The Bertz CT molecular complexity index is 859. The van der Waals surface area contributed by atoms with Crippen molar-refractivity contribution < 1.29 is 4.79 Å². The molecule has 0 unspecified atom stereocenters. The van der Waals surface area contributed by atoms with Crippen LogP contribution < -0.4 is 4.90 Å². The number of hydrogen-bond donors (Lipinski definition) is 0. The lowest BCUT2D eigenvalue weighted by atomic mass is 10.2. The number of hydrogen-bond acceptors (Lipinski definition) is 5. The number of carbonyl (C=O) groups is 1. The average molecular weight is 366 g/mol. The predicted octanol–water partition coefficient (Wildman–Crippen LogP) is 3.47. The van der Waals surface area contributed by atoms with Crippen LogP contribution in [0.15, 0.2) is 54.2 Å². The summed E-state index contributed by atoms with van der Waals surface area (Å²) in [7, 11) is 5.85. The van der Waals surface area contributed by atoms with Gasteiger partial charge in [0.05, 0.1) is 12.1 Å². The molecule has 0 N–H and O–H groups in total. The third-order valence-corrected chi connectivity index (χ3v) is 5.03. The van der Waals surface area contributed by atoms with Gasteiger partial charge in [-0.2, -0.15) is 0 Å². The molecular weight excluding hydrogens is 344 g/mol. The molecule has 3 aromatic rings. The van der Waals surface area contributed by atoms with E-state index >= 15 is 0 Å². The van der Waals surface area contributed by atoms with Gasteiger partial charge >= 0.3 is 0 Å². The highest BCUT2D eigenvalue weighted by Gasteiger charge is 2.13. The highest BCUT2D eigenvalue weighted by molar-refractivity contribution is 7.13. The van der Waals surface area contributed by atoms with Crippen molar-refractivity contribution in [3.05, 3.63) is 65.4 Å². The van der Waals surface area contributed by atoms with Gasteiger partial charge < -0.3 is 9.80 Å². The molecule has 0 bridgehead atoms. The van der Waals surface area contributed by atoms with Gasteiger partial charge in [-0.25, -0.2) is 4.98 Å². The Labute approximate surface area is 157 Å². The summed E-state index contributed by atoms with van der Waals surface area (Å²) in [4.78, 5) is 25.0. The normalized spacial score (nSPS) is 10.6. The molecule has 1 aromatic carbocycles. The first kappa shape index (κ1) is 18.1. The van der Waals surface area contributed by atoms with E-state index in [1.54, 1.807) is 17.3 Å². The minimum Gasteiger partial charge on any atom is -0.378 e. The topological polar surface area (TPSA) is 49.3 Å². The van der Waals surface area contributed by atoms with E-state index in [-0.39, 0.29) is 5.91 Å². The molecule has 0 radical (unpaired) electrons. The van der Waals surface area contributed by atoms with Crippen LogP contribution in [0.25, 0.3) is 10.6 Å². The molecule has 2 heterocycles. The summed E-state index contributed by atoms with van der Waals surface area (Å²) in [5.41, 5.74) is 4.04. The van der Waals surface area contributed by atoms with Crippen LogP contribution in [0.3, 0.4) is 0 Å². The number of rotatable bonds is 6. The Hall–Kier alpha value is -2.73. The molecule has 134 valence electrons. The van der Waals surface area contributed by atoms with Gasteiger partial charge in [0.1, 0.15) is 5.01 Å². The second-order valence-corrected chi connectivity index (χ2v) is 7.23. The van der Waals surface area contributed by atoms with E-state index in [9.17, 15) is 4.79 Å². The zero-order chi connectivity index (χ0) is 18.5. The number of nitrogens with zero attached hydrogens (tertiary/aromatic N) is 4. The summed E-state index contributed by atoms with van der Waals surface area (Å²) in [6.45, 7) is 0.589. The maximum absolute atomic E-state index is 12.5. The van der Waals surface area contributed by atoms with E-state index in [4.69, 9.17) is 0 Å². The van der Waals surface area contributed by atoms with Crippen LogP contribution in [0.2, 0.25) is 0 Å². The lowest BCUT2D eigenvalue weighted by molar-refractivity contribution is -0.129. The highest BCUT2D eigenvalue weighted by Crippen LogP contribution is 2.23. The van der Waals surface area contributed by atoms with Gasteiger partial charge in [-0.1, -0.05) is 12.1 Å². The molecule has 1 amide bonds. The summed E-state index contributed by atoms with van der Waals surface area (Å²) in [6, 6.07) is 12.1. The maximum Gasteiger partial charge on any atom is 0.228 e. The number of carbonyl (C=O) groups excluding carboxylic acids is 1. The van der Waals surface area contributed by atoms with Gasteiger partial charge in [0.2, 0.25) is 5.91 Å². The molecule has 0 atom stereocenters. The van der Waals surface area contributed by atoms with E-state index in [0.717, 1.165) is 27.5 Å². The first-order valence-electron chi connectivity index (χ1n) is 8.38. The molecule has 0 saturated heterocycles. The number of pyridine rings is 1. The number of amides is 1. The molecule has 6 heteroatoms.